The molecule has 3 rings (SSSR count). The average Bonchev–Trinajstić information content (AvgIpc) is 3.25. The second-order valence-electron chi connectivity index (χ2n) is 6.70. The van der Waals surface area contributed by atoms with Gasteiger partial charge in [0.15, 0.2) is 0 Å². The van der Waals surface area contributed by atoms with Crippen LogP contribution in [-0.4, -0.2) is 34.7 Å². The summed E-state index contributed by atoms with van der Waals surface area (Å²) in [7, 11) is 0. The van der Waals surface area contributed by atoms with Crippen LogP contribution in [0.4, 0.5) is 24.5 Å². The lowest BCUT2D eigenvalue weighted by molar-refractivity contribution is -0.384. The van der Waals surface area contributed by atoms with Gasteiger partial charge in [0, 0.05) is 19.2 Å². The number of hydrogen-bond donors (Lipinski definition) is 2. The highest BCUT2D eigenvalue weighted by atomic mass is 19.4. The van der Waals surface area contributed by atoms with Gasteiger partial charge in [-0.3, -0.25) is 30.6 Å². The van der Waals surface area contributed by atoms with E-state index in [1.54, 1.807) is 0 Å². The molecule has 2 N–H and O–H groups in total. The number of hydrogen-bond acceptors (Lipinski definition) is 6. The number of amides is 2. The van der Waals surface area contributed by atoms with Crippen LogP contribution in [0.2, 0.25) is 0 Å². The lowest BCUT2D eigenvalue weighted by atomic mass is 9.97. The van der Waals surface area contributed by atoms with Gasteiger partial charge in [0.05, 0.1) is 28.2 Å². The first kappa shape index (κ1) is 21.1. The van der Waals surface area contributed by atoms with E-state index in [0.29, 0.717) is 37.1 Å². The Balaban J connectivity index is 1.65. The van der Waals surface area contributed by atoms with Crippen molar-refractivity contribution < 1.29 is 32.1 Å². The van der Waals surface area contributed by atoms with Crippen LogP contribution in [0.1, 0.15) is 28.8 Å². The third-order valence-electron chi connectivity index (χ3n) is 4.69. The molecule has 0 aliphatic carbocycles. The lowest BCUT2D eigenvalue weighted by Crippen LogP contribution is -2.46. The minimum atomic E-state index is -4.74. The van der Waals surface area contributed by atoms with E-state index in [2.05, 4.69) is 10.9 Å². The van der Waals surface area contributed by atoms with Gasteiger partial charge in [-0.15, -0.1) is 0 Å². The van der Waals surface area contributed by atoms with Crippen molar-refractivity contribution >= 4 is 23.2 Å². The molecule has 2 aromatic rings. The quantitative estimate of drug-likeness (QED) is 0.560. The minimum absolute atomic E-state index is 0.132. The smallest absolute Gasteiger partial charge is 0.416 e. The summed E-state index contributed by atoms with van der Waals surface area (Å²) in [5.74, 6) is -1.41. The number of rotatable bonds is 5. The van der Waals surface area contributed by atoms with Crippen molar-refractivity contribution in [1.29, 1.82) is 0 Å². The molecule has 1 aromatic heterocycles. The molecule has 0 spiro atoms. The number of alkyl halides is 3. The SMILES string of the molecule is O=C(NNc1ccc(C(F)(F)F)cc1[N+](=O)[O-])C1CCCN(C(=O)c2ccoc2)C1. The third-order valence-corrected chi connectivity index (χ3v) is 4.69. The highest BCUT2D eigenvalue weighted by molar-refractivity contribution is 5.94. The van der Waals surface area contributed by atoms with Crippen molar-refractivity contribution in [1.82, 2.24) is 10.3 Å². The Labute approximate surface area is 167 Å². The van der Waals surface area contributed by atoms with Crippen molar-refractivity contribution in [2.45, 2.75) is 19.0 Å². The Kier molecular flexibility index (Phi) is 5.94. The van der Waals surface area contributed by atoms with Crippen LogP contribution in [0, 0.1) is 16.0 Å². The van der Waals surface area contributed by atoms with Crippen LogP contribution in [0.25, 0.3) is 0 Å². The molecule has 12 heteroatoms. The Morgan fingerprint density at radius 1 is 1.27 bits per heavy atom. The first-order valence-corrected chi connectivity index (χ1v) is 8.90. The summed E-state index contributed by atoms with van der Waals surface area (Å²) in [6.45, 7) is 0.595. The molecular weight excluding hydrogens is 409 g/mol. The number of carbonyl (C=O) groups is 2. The Morgan fingerprint density at radius 2 is 2.03 bits per heavy atom. The van der Waals surface area contributed by atoms with E-state index in [0.717, 1.165) is 6.07 Å². The largest absolute Gasteiger partial charge is 0.472 e. The standard InChI is InChI=1S/C18H17F3N4O5/c19-18(20,21)13-3-4-14(15(8-13)25(28)29)22-23-16(26)11-2-1-6-24(9-11)17(27)12-5-7-30-10-12/h3-5,7-8,10-11,22H,1-2,6,9H2,(H,23,26). The number of nitro benzene ring substituents is 1. The van der Waals surface area contributed by atoms with Gasteiger partial charge in [-0.25, -0.2) is 0 Å². The summed E-state index contributed by atoms with van der Waals surface area (Å²) in [6.07, 6.45) is -1.01. The topological polar surface area (TPSA) is 118 Å². The van der Waals surface area contributed by atoms with Crippen molar-refractivity contribution in [2.24, 2.45) is 5.92 Å². The third kappa shape index (κ3) is 4.70. The number of carbonyl (C=O) groups excluding carboxylic acids is 2. The zero-order valence-electron chi connectivity index (χ0n) is 15.4. The fraction of sp³-hybridized carbons (Fsp3) is 0.333. The van der Waals surface area contributed by atoms with Crippen LogP contribution in [0.15, 0.2) is 41.2 Å². The summed E-state index contributed by atoms with van der Waals surface area (Å²) < 4.78 is 43.2. The van der Waals surface area contributed by atoms with Gasteiger partial charge in [-0.05, 0) is 31.0 Å². The molecule has 30 heavy (non-hydrogen) atoms. The van der Waals surface area contributed by atoms with Crippen LogP contribution in [0.3, 0.4) is 0 Å². The van der Waals surface area contributed by atoms with Gasteiger partial charge in [-0.2, -0.15) is 13.2 Å². The molecule has 0 bridgehead atoms. The van der Waals surface area contributed by atoms with E-state index in [-0.39, 0.29) is 18.1 Å². The number of piperidine rings is 1. The second kappa shape index (κ2) is 8.43. The summed E-state index contributed by atoms with van der Waals surface area (Å²) in [4.78, 5) is 36.5. The van der Waals surface area contributed by atoms with Crippen molar-refractivity contribution in [3.05, 3.63) is 58.0 Å². The predicted octanol–water partition coefficient (Wildman–Crippen LogP) is 3.20. The van der Waals surface area contributed by atoms with Gasteiger partial charge >= 0.3 is 6.18 Å². The van der Waals surface area contributed by atoms with Crippen molar-refractivity contribution in [3.8, 4) is 0 Å². The normalized spacial score (nSPS) is 16.8. The zero-order valence-corrected chi connectivity index (χ0v) is 15.4. The first-order chi connectivity index (χ1) is 14.2. The van der Waals surface area contributed by atoms with Crippen LogP contribution < -0.4 is 10.9 Å². The molecule has 9 nitrogen and oxygen atoms in total. The molecule has 0 saturated carbocycles. The predicted molar refractivity (Wildman–Crippen MR) is 97.2 cm³/mol. The Bertz CT molecular complexity index is 946. The molecule has 1 aliphatic rings. The number of halogens is 3. The molecule has 1 fully saturated rings. The monoisotopic (exact) mass is 426 g/mol. The maximum absolute atomic E-state index is 12.8. The van der Waals surface area contributed by atoms with E-state index in [9.17, 15) is 32.9 Å². The lowest BCUT2D eigenvalue weighted by Gasteiger charge is -2.31. The minimum Gasteiger partial charge on any atom is -0.472 e. The van der Waals surface area contributed by atoms with Gasteiger partial charge in [0.1, 0.15) is 12.0 Å². The molecule has 1 aromatic carbocycles. The maximum Gasteiger partial charge on any atom is 0.416 e. The molecule has 1 atom stereocenters. The number of likely N-dealkylation sites (tertiary alicyclic amines) is 1. The van der Waals surface area contributed by atoms with Gasteiger partial charge in [0.2, 0.25) is 5.91 Å². The van der Waals surface area contributed by atoms with Gasteiger partial charge in [0.25, 0.3) is 11.6 Å². The molecule has 1 saturated heterocycles. The van der Waals surface area contributed by atoms with E-state index < -0.39 is 34.2 Å². The van der Waals surface area contributed by atoms with Crippen LogP contribution >= 0.6 is 0 Å². The Hall–Kier alpha value is -3.57. The van der Waals surface area contributed by atoms with Crippen molar-refractivity contribution in [2.75, 3.05) is 18.5 Å². The summed E-state index contributed by atoms with van der Waals surface area (Å²) in [5, 5.41) is 11.1. The number of furan rings is 1. The van der Waals surface area contributed by atoms with Gasteiger partial charge in [-0.1, -0.05) is 0 Å². The number of nitrogens with zero attached hydrogens (tertiary/aromatic N) is 2. The van der Waals surface area contributed by atoms with Crippen molar-refractivity contribution in [3.63, 3.8) is 0 Å². The van der Waals surface area contributed by atoms with Gasteiger partial charge < -0.3 is 9.32 Å². The zero-order chi connectivity index (χ0) is 21.9. The fourth-order valence-electron chi connectivity index (χ4n) is 3.14. The highest BCUT2D eigenvalue weighted by Gasteiger charge is 2.33. The summed E-state index contributed by atoms with van der Waals surface area (Å²) >= 11 is 0. The number of hydrazine groups is 1. The maximum atomic E-state index is 12.8. The molecule has 2 amide bonds. The van der Waals surface area contributed by atoms with Crippen LogP contribution in [0.5, 0.6) is 0 Å². The summed E-state index contributed by atoms with van der Waals surface area (Å²) in [6, 6.07) is 3.45. The number of anilines is 1. The second-order valence-corrected chi connectivity index (χ2v) is 6.70. The first-order valence-electron chi connectivity index (χ1n) is 8.90. The number of nitro groups is 1. The average molecular weight is 426 g/mol. The molecular formula is C18H17F3N4O5. The molecule has 2 heterocycles. The number of nitrogens with one attached hydrogen (secondary N) is 2. The van der Waals surface area contributed by atoms with E-state index in [4.69, 9.17) is 4.42 Å². The van der Waals surface area contributed by atoms with Crippen LogP contribution in [-0.2, 0) is 11.0 Å². The molecule has 160 valence electrons. The highest BCUT2D eigenvalue weighted by Crippen LogP contribution is 2.34. The van der Waals surface area contributed by atoms with E-state index in [1.807, 2.05) is 0 Å². The number of benzene rings is 1. The molecule has 1 unspecified atom stereocenters. The summed E-state index contributed by atoms with van der Waals surface area (Å²) in [5.41, 5.74) is 2.67. The Morgan fingerprint density at radius 3 is 2.67 bits per heavy atom. The fourth-order valence-corrected chi connectivity index (χ4v) is 3.14. The van der Waals surface area contributed by atoms with E-state index in [1.165, 1.54) is 23.5 Å². The molecule has 0 radical (unpaired) electrons. The molecule has 1 aliphatic heterocycles. The van der Waals surface area contributed by atoms with E-state index >= 15 is 0 Å².